The smallest absolute Gasteiger partial charge is 0.129 e. The van der Waals surface area contributed by atoms with Gasteiger partial charge < -0.3 is 20.8 Å². The van der Waals surface area contributed by atoms with E-state index in [1.807, 2.05) is 0 Å². The van der Waals surface area contributed by atoms with Crippen LogP contribution in [0.3, 0.4) is 0 Å². The van der Waals surface area contributed by atoms with E-state index in [2.05, 4.69) is 73.9 Å². The average molecular weight is 481 g/mol. The maximum atomic E-state index is 9.96. The zero-order valence-corrected chi connectivity index (χ0v) is 22.0. The molecule has 0 spiro atoms. The Bertz CT molecular complexity index is 998. The number of anilines is 1. The first kappa shape index (κ1) is 26.1. The number of nitrogens with zero attached hydrogens (tertiary/aromatic N) is 3. The first-order valence-electron chi connectivity index (χ1n) is 13.2. The number of fused-ring (bicyclic) bond motifs is 1. The van der Waals surface area contributed by atoms with Crippen molar-refractivity contribution in [2.24, 2.45) is 5.73 Å². The van der Waals surface area contributed by atoms with Gasteiger partial charge in [0.25, 0.3) is 0 Å². The van der Waals surface area contributed by atoms with Crippen molar-refractivity contribution in [3.8, 4) is 11.3 Å². The zero-order valence-electron chi connectivity index (χ0n) is 22.0. The van der Waals surface area contributed by atoms with E-state index in [1.54, 1.807) is 0 Å². The summed E-state index contributed by atoms with van der Waals surface area (Å²) in [6.45, 7) is 14.1. The van der Waals surface area contributed by atoms with Crippen molar-refractivity contribution in [2.45, 2.75) is 76.4 Å². The molecule has 6 heteroatoms. The number of piperazine rings is 1. The molecule has 4 N–H and O–H groups in total. The monoisotopic (exact) mass is 480 g/mol. The highest BCUT2D eigenvalue weighted by atomic mass is 16.3. The minimum atomic E-state index is -0.631. The largest absolute Gasteiger partial charge is 0.395 e. The van der Waals surface area contributed by atoms with Crippen molar-refractivity contribution in [3.63, 3.8) is 0 Å². The van der Waals surface area contributed by atoms with Crippen molar-refractivity contribution in [2.75, 3.05) is 44.2 Å². The molecule has 1 aromatic heterocycles. The van der Waals surface area contributed by atoms with Gasteiger partial charge in [-0.15, -0.1) is 0 Å². The molecule has 2 aromatic rings. The number of aromatic nitrogens is 1. The third-order valence-corrected chi connectivity index (χ3v) is 8.26. The summed E-state index contributed by atoms with van der Waals surface area (Å²) in [5.41, 5.74) is 11.3. The van der Waals surface area contributed by atoms with Crippen LogP contribution < -0.4 is 10.6 Å². The van der Waals surface area contributed by atoms with Gasteiger partial charge in [0.2, 0.25) is 0 Å². The summed E-state index contributed by atoms with van der Waals surface area (Å²) >= 11 is 0. The summed E-state index contributed by atoms with van der Waals surface area (Å²) in [4.78, 5) is 9.89. The van der Waals surface area contributed by atoms with Crippen LogP contribution in [0, 0.1) is 0 Å². The Kier molecular flexibility index (Phi) is 7.86. The predicted molar refractivity (Wildman–Crippen MR) is 144 cm³/mol. The van der Waals surface area contributed by atoms with E-state index >= 15 is 0 Å². The minimum absolute atomic E-state index is 0.174. The quantitative estimate of drug-likeness (QED) is 0.534. The number of rotatable bonds is 8. The van der Waals surface area contributed by atoms with Crippen LogP contribution in [0.25, 0.3) is 11.3 Å². The van der Waals surface area contributed by atoms with Gasteiger partial charge in [-0.2, -0.15) is 0 Å². The number of hydrogen-bond acceptors (Lipinski definition) is 6. The lowest BCUT2D eigenvalue weighted by atomic mass is 9.63. The standard InChI is InChI=1S/C29H44N4O2/c1-28(2)12-13-29(3,4)23-19-21(10-11-22(23)28)25-7-5-9-27(31-25)33-17-15-32(16-18-33)14-6-8-26(35)24(30)20-34/h5,7,9-11,19,24,26,34-35H,6,8,12-18,20,30H2,1-4H3/t24-,26?/m0/s1. The zero-order chi connectivity index (χ0) is 25.2. The van der Waals surface area contributed by atoms with Crippen LogP contribution in [0.5, 0.6) is 0 Å². The molecule has 2 aliphatic rings. The molecule has 0 saturated carbocycles. The molecule has 6 nitrogen and oxygen atoms in total. The van der Waals surface area contributed by atoms with Crippen molar-refractivity contribution < 1.29 is 10.2 Å². The lowest BCUT2D eigenvalue weighted by molar-refractivity contribution is 0.0956. The molecular weight excluding hydrogens is 436 g/mol. The maximum absolute atomic E-state index is 9.96. The van der Waals surface area contributed by atoms with Crippen molar-refractivity contribution in [3.05, 3.63) is 47.5 Å². The SMILES string of the molecule is CC1(C)CCC(C)(C)c2cc(-c3cccc(N4CCN(CCCC(O)[C@@H](N)CO)CC4)n3)ccc21. The molecule has 1 fully saturated rings. The number of hydrogen-bond donors (Lipinski definition) is 3. The number of pyridine rings is 1. The molecule has 192 valence electrons. The first-order chi connectivity index (χ1) is 16.6. The molecule has 1 aliphatic carbocycles. The molecule has 2 atom stereocenters. The Balaban J connectivity index is 1.40. The fourth-order valence-corrected chi connectivity index (χ4v) is 5.57. The van der Waals surface area contributed by atoms with Crippen molar-refractivity contribution in [1.82, 2.24) is 9.88 Å². The average Bonchev–Trinajstić information content (AvgIpc) is 2.86. The Labute approximate surface area is 211 Å². The molecule has 0 bridgehead atoms. The summed E-state index contributed by atoms with van der Waals surface area (Å²) < 4.78 is 0. The first-order valence-corrected chi connectivity index (χ1v) is 13.2. The second-order valence-electron chi connectivity index (χ2n) is 11.8. The van der Waals surface area contributed by atoms with E-state index in [9.17, 15) is 5.11 Å². The molecule has 1 saturated heterocycles. The molecule has 0 amide bonds. The van der Waals surface area contributed by atoms with E-state index in [0.717, 1.165) is 50.7 Å². The molecular formula is C29H44N4O2. The van der Waals surface area contributed by atoms with Gasteiger partial charge >= 0.3 is 0 Å². The van der Waals surface area contributed by atoms with Crippen LogP contribution in [-0.4, -0.2) is 71.6 Å². The van der Waals surface area contributed by atoms with Crippen molar-refractivity contribution in [1.29, 1.82) is 0 Å². The van der Waals surface area contributed by atoms with Gasteiger partial charge in [0.05, 0.1) is 24.4 Å². The van der Waals surface area contributed by atoms with Gasteiger partial charge in [-0.3, -0.25) is 4.90 Å². The summed E-state index contributed by atoms with van der Waals surface area (Å²) in [6.07, 6.45) is 3.31. The molecule has 0 radical (unpaired) electrons. The third kappa shape index (κ3) is 5.88. The van der Waals surface area contributed by atoms with E-state index in [1.165, 1.54) is 29.5 Å². The van der Waals surface area contributed by atoms with Gasteiger partial charge in [-0.1, -0.05) is 45.9 Å². The van der Waals surface area contributed by atoms with E-state index in [-0.39, 0.29) is 17.4 Å². The highest BCUT2D eigenvalue weighted by Gasteiger charge is 2.37. The highest BCUT2D eigenvalue weighted by molar-refractivity contribution is 5.65. The van der Waals surface area contributed by atoms with Gasteiger partial charge in [0.1, 0.15) is 5.82 Å². The fraction of sp³-hybridized carbons (Fsp3) is 0.621. The van der Waals surface area contributed by atoms with Crippen LogP contribution in [-0.2, 0) is 10.8 Å². The lowest BCUT2D eigenvalue weighted by Gasteiger charge is -2.42. The Morgan fingerprint density at radius 2 is 1.66 bits per heavy atom. The van der Waals surface area contributed by atoms with Crippen molar-refractivity contribution >= 4 is 5.82 Å². The molecule has 1 unspecified atom stereocenters. The summed E-state index contributed by atoms with van der Waals surface area (Å²) in [5.74, 6) is 1.05. The van der Waals surface area contributed by atoms with E-state index in [4.69, 9.17) is 15.8 Å². The maximum Gasteiger partial charge on any atom is 0.129 e. The molecule has 1 aromatic carbocycles. The fourth-order valence-electron chi connectivity index (χ4n) is 5.57. The Hall–Kier alpha value is -1.99. The van der Waals surface area contributed by atoms with Gasteiger partial charge in [0.15, 0.2) is 0 Å². The third-order valence-electron chi connectivity index (χ3n) is 8.26. The highest BCUT2D eigenvalue weighted by Crippen LogP contribution is 2.46. The molecule has 2 heterocycles. The summed E-state index contributed by atoms with van der Waals surface area (Å²) in [6, 6.07) is 12.8. The summed E-state index contributed by atoms with van der Waals surface area (Å²) in [7, 11) is 0. The normalized spacial score (nSPS) is 21.4. The summed E-state index contributed by atoms with van der Waals surface area (Å²) in [5, 5.41) is 19.0. The number of aliphatic hydroxyl groups is 2. The molecule has 4 rings (SSSR count). The van der Waals surface area contributed by atoms with Crippen LogP contribution in [0.15, 0.2) is 36.4 Å². The van der Waals surface area contributed by atoms with E-state index in [0.29, 0.717) is 6.42 Å². The topological polar surface area (TPSA) is 85.9 Å². The lowest BCUT2D eigenvalue weighted by Crippen LogP contribution is -2.47. The Morgan fingerprint density at radius 3 is 2.34 bits per heavy atom. The van der Waals surface area contributed by atoms with Crippen LogP contribution in [0.4, 0.5) is 5.82 Å². The Morgan fingerprint density at radius 1 is 0.971 bits per heavy atom. The molecule has 35 heavy (non-hydrogen) atoms. The van der Waals surface area contributed by atoms with Crippen LogP contribution >= 0.6 is 0 Å². The molecule has 1 aliphatic heterocycles. The number of aliphatic hydroxyl groups excluding tert-OH is 2. The minimum Gasteiger partial charge on any atom is -0.395 e. The van der Waals surface area contributed by atoms with Crippen LogP contribution in [0.2, 0.25) is 0 Å². The second kappa shape index (κ2) is 10.6. The van der Waals surface area contributed by atoms with Crippen LogP contribution in [0.1, 0.15) is 64.5 Å². The van der Waals surface area contributed by atoms with Gasteiger partial charge in [-0.25, -0.2) is 4.98 Å². The number of benzene rings is 1. The van der Waals surface area contributed by atoms with E-state index < -0.39 is 12.1 Å². The number of nitrogens with two attached hydrogens (primary N) is 1. The predicted octanol–water partition coefficient (Wildman–Crippen LogP) is 3.68. The van der Waals surface area contributed by atoms with Gasteiger partial charge in [-0.05, 0) is 72.4 Å². The van der Waals surface area contributed by atoms with Gasteiger partial charge in [0, 0.05) is 31.7 Å². The second-order valence-corrected chi connectivity index (χ2v) is 11.8.